The number of hydrogen-bond donors (Lipinski definition) is 2. The minimum Gasteiger partial charge on any atom is -0.508 e. The SMILES string of the molecule is CCOC(=O)c1ccc(O)cc1.CO. The molecule has 0 aliphatic carbocycles. The molecule has 0 saturated heterocycles. The fourth-order valence-corrected chi connectivity index (χ4v) is 0.812. The van der Waals surface area contributed by atoms with E-state index in [4.69, 9.17) is 14.9 Å². The Kier molecular flexibility index (Phi) is 6.15. The summed E-state index contributed by atoms with van der Waals surface area (Å²) >= 11 is 0. The maximum Gasteiger partial charge on any atom is 0.338 e. The number of aliphatic hydroxyl groups is 1. The van der Waals surface area contributed by atoms with E-state index in [1.165, 1.54) is 24.3 Å². The van der Waals surface area contributed by atoms with Crippen LogP contribution in [0.5, 0.6) is 5.75 Å². The van der Waals surface area contributed by atoms with E-state index in [0.29, 0.717) is 12.2 Å². The van der Waals surface area contributed by atoms with Gasteiger partial charge in [0.25, 0.3) is 0 Å². The molecule has 0 amide bonds. The molecule has 4 heteroatoms. The molecule has 0 radical (unpaired) electrons. The number of phenols is 1. The van der Waals surface area contributed by atoms with Crippen LogP contribution in [0.4, 0.5) is 0 Å². The summed E-state index contributed by atoms with van der Waals surface area (Å²) in [5, 5.41) is 15.9. The van der Waals surface area contributed by atoms with E-state index in [2.05, 4.69) is 0 Å². The first-order chi connectivity index (χ1) is 6.74. The molecule has 0 aliphatic heterocycles. The van der Waals surface area contributed by atoms with E-state index in [1.54, 1.807) is 6.92 Å². The minimum absolute atomic E-state index is 0.142. The maximum absolute atomic E-state index is 11.1. The van der Waals surface area contributed by atoms with E-state index < -0.39 is 0 Å². The van der Waals surface area contributed by atoms with Crippen molar-refractivity contribution in [2.24, 2.45) is 0 Å². The third kappa shape index (κ3) is 3.91. The molecule has 0 heterocycles. The molecule has 0 fully saturated rings. The number of aliphatic hydroxyl groups excluding tert-OH is 1. The summed E-state index contributed by atoms with van der Waals surface area (Å²) in [5.41, 5.74) is 0.453. The Labute approximate surface area is 82.8 Å². The highest BCUT2D eigenvalue weighted by Gasteiger charge is 2.04. The third-order valence-electron chi connectivity index (χ3n) is 1.38. The molecule has 0 unspecified atom stereocenters. The molecular weight excluding hydrogens is 184 g/mol. The smallest absolute Gasteiger partial charge is 0.338 e. The van der Waals surface area contributed by atoms with Crippen LogP contribution in [0.3, 0.4) is 0 Å². The number of phenolic OH excluding ortho intramolecular Hbond substituents is 1. The lowest BCUT2D eigenvalue weighted by atomic mass is 10.2. The molecule has 1 rings (SSSR count). The number of aromatic hydroxyl groups is 1. The van der Waals surface area contributed by atoms with Gasteiger partial charge in [-0.3, -0.25) is 0 Å². The summed E-state index contributed by atoms with van der Waals surface area (Å²) in [6, 6.07) is 5.94. The summed E-state index contributed by atoms with van der Waals surface area (Å²) in [4.78, 5) is 11.1. The number of esters is 1. The van der Waals surface area contributed by atoms with Gasteiger partial charge in [-0.1, -0.05) is 0 Å². The van der Waals surface area contributed by atoms with Crippen molar-refractivity contribution in [3.05, 3.63) is 29.8 Å². The van der Waals surface area contributed by atoms with E-state index in [-0.39, 0.29) is 11.7 Å². The lowest BCUT2D eigenvalue weighted by Gasteiger charge is -2.00. The number of hydrogen-bond acceptors (Lipinski definition) is 4. The first-order valence-electron chi connectivity index (χ1n) is 4.15. The zero-order valence-electron chi connectivity index (χ0n) is 8.23. The van der Waals surface area contributed by atoms with Crippen molar-refractivity contribution in [2.45, 2.75) is 6.92 Å². The van der Waals surface area contributed by atoms with Crippen LogP contribution in [-0.2, 0) is 4.74 Å². The first kappa shape index (κ1) is 12.4. The fraction of sp³-hybridized carbons (Fsp3) is 0.300. The highest BCUT2D eigenvalue weighted by molar-refractivity contribution is 5.89. The summed E-state index contributed by atoms with van der Waals surface area (Å²) in [5.74, 6) is -0.222. The molecule has 2 N–H and O–H groups in total. The lowest BCUT2D eigenvalue weighted by Crippen LogP contribution is -2.03. The van der Waals surface area contributed by atoms with Crippen LogP contribution in [-0.4, -0.2) is 29.9 Å². The van der Waals surface area contributed by atoms with Gasteiger partial charge in [0.2, 0.25) is 0 Å². The number of carbonyl (C=O) groups is 1. The third-order valence-corrected chi connectivity index (χ3v) is 1.38. The Morgan fingerprint density at radius 3 is 2.21 bits per heavy atom. The van der Waals surface area contributed by atoms with E-state index in [0.717, 1.165) is 7.11 Å². The molecule has 1 aromatic carbocycles. The average Bonchev–Trinajstić information content (AvgIpc) is 2.22. The predicted molar refractivity (Wildman–Crippen MR) is 52.2 cm³/mol. The molecule has 0 bridgehead atoms. The Morgan fingerprint density at radius 2 is 1.79 bits per heavy atom. The molecule has 0 atom stereocenters. The quantitative estimate of drug-likeness (QED) is 0.700. The lowest BCUT2D eigenvalue weighted by molar-refractivity contribution is 0.0526. The Balaban J connectivity index is 0.000000791. The van der Waals surface area contributed by atoms with E-state index in [1.807, 2.05) is 0 Å². The molecule has 1 aromatic rings. The van der Waals surface area contributed by atoms with Gasteiger partial charge in [-0.05, 0) is 31.2 Å². The van der Waals surface area contributed by atoms with Crippen molar-refractivity contribution in [2.75, 3.05) is 13.7 Å². The molecule has 14 heavy (non-hydrogen) atoms. The summed E-state index contributed by atoms with van der Waals surface area (Å²) in [6.07, 6.45) is 0. The van der Waals surface area contributed by atoms with Crippen molar-refractivity contribution in [3.8, 4) is 5.75 Å². The minimum atomic E-state index is -0.363. The monoisotopic (exact) mass is 198 g/mol. The highest BCUT2D eigenvalue weighted by atomic mass is 16.5. The largest absolute Gasteiger partial charge is 0.508 e. The second kappa shape index (κ2) is 6.91. The Hall–Kier alpha value is -1.55. The zero-order chi connectivity index (χ0) is 11.0. The number of ether oxygens (including phenoxy) is 1. The Bertz CT molecular complexity index is 266. The van der Waals surface area contributed by atoms with E-state index >= 15 is 0 Å². The van der Waals surface area contributed by atoms with Crippen LogP contribution in [0.2, 0.25) is 0 Å². The molecule has 0 aromatic heterocycles. The number of benzene rings is 1. The van der Waals surface area contributed by atoms with Gasteiger partial charge >= 0.3 is 5.97 Å². The van der Waals surface area contributed by atoms with Crippen LogP contribution in [0.1, 0.15) is 17.3 Å². The molecule has 0 saturated carbocycles. The van der Waals surface area contributed by atoms with Gasteiger partial charge < -0.3 is 14.9 Å². The summed E-state index contributed by atoms with van der Waals surface area (Å²) < 4.78 is 4.75. The van der Waals surface area contributed by atoms with Crippen LogP contribution in [0, 0.1) is 0 Å². The van der Waals surface area contributed by atoms with Gasteiger partial charge in [0.05, 0.1) is 12.2 Å². The van der Waals surface area contributed by atoms with Crippen LogP contribution >= 0.6 is 0 Å². The summed E-state index contributed by atoms with van der Waals surface area (Å²) in [6.45, 7) is 2.11. The molecular formula is C10H14O4. The molecule has 78 valence electrons. The van der Waals surface area contributed by atoms with Crippen LogP contribution in [0.25, 0.3) is 0 Å². The molecule has 0 spiro atoms. The van der Waals surface area contributed by atoms with Crippen molar-refractivity contribution in [1.29, 1.82) is 0 Å². The summed E-state index contributed by atoms with van der Waals surface area (Å²) in [7, 11) is 1.00. The number of carbonyl (C=O) groups excluding carboxylic acids is 1. The van der Waals surface area contributed by atoms with Gasteiger partial charge in [0, 0.05) is 7.11 Å². The van der Waals surface area contributed by atoms with Crippen LogP contribution in [0.15, 0.2) is 24.3 Å². The second-order valence-electron chi connectivity index (χ2n) is 2.27. The topological polar surface area (TPSA) is 66.8 Å². The van der Waals surface area contributed by atoms with Crippen LogP contribution < -0.4 is 0 Å². The maximum atomic E-state index is 11.1. The highest BCUT2D eigenvalue weighted by Crippen LogP contribution is 2.10. The molecule has 4 nitrogen and oxygen atoms in total. The van der Waals surface area contributed by atoms with Crippen molar-refractivity contribution >= 4 is 5.97 Å². The van der Waals surface area contributed by atoms with Gasteiger partial charge in [0.15, 0.2) is 0 Å². The van der Waals surface area contributed by atoms with E-state index in [9.17, 15) is 4.79 Å². The van der Waals surface area contributed by atoms with Gasteiger partial charge in [-0.25, -0.2) is 4.79 Å². The normalized spacial score (nSPS) is 8.50. The Morgan fingerprint density at radius 1 is 1.29 bits per heavy atom. The van der Waals surface area contributed by atoms with Gasteiger partial charge in [-0.15, -0.1) is 0 Å². The standard InChI is InChI=1S/C9H10O3.CH4O/c1-2-12-9(11)7-3-5-8(10)6-4-7;1-2/h3-6,10H,2H2,1H3;2H,1H3. The first-order valence-corrected chi connectivity index (χ1v) is 4.15. The van der Waals surface area contributed by atoms with Crippen molar-refractivity contribution in [1.82, 2.24) is 0 Å². The average molecular weight is 198 g/mol. The number of rotatable bonds is 2. The predicted octanol–water partition coefficient (Wildman–Crippen LogP) is 1.18. The zero-order valence-corrected chi connectivity index (χ0v) is 8.23. The fourth-order valence-electron chi connectivity index (χ4n) is 0.812. The van der Waals surface area contributed by atoms with Gasteiger partial charge in [0.1, 0.15) is 5.75 Å². The van der Waals surface area contributed by atoms with Gasteiger partial charge in [-0.2, -0.15) is 0 Å². The second-order valence-corrected chi connectivity index (χ2v) is 2.27. The van der Waals surface area contributed by atoms with Crippen molar-refractivity contribution < 1.29 is 19.7 Å². The van der Waals surface area contributed by atoms with Crippen molar-refractivity contribution in [3.63, 3.8) is 0 Å². The molecule has 0 aliphatic rings.